The van der Waals surface area contributed by atoms with Gasteiger partial charge in [0.1, 0.15) is 18.2 Å². The second-order valence-electron chi connectivity index (χ2n) is 4.86. The van der Waals surface area contributed by atoms with E-state index < -0.39 is 0 Å². The van der Waals surface area contributed by atoms with Crippen LogP contribution in [0.15, 0.2) is 36.4 Å². The molecule has 0 aliphatic carbocycles. The number of nitrogen functional groups attached to an aromatic ring is 1. The quantitative estimate of drug-likeness (QED) is 0.846. The summed E-state index contributed by atoms with van der Waals surface area (Å²) in [5.74, 6) is 1.92. The van der Waals surface area contributed by atoms with Crippen molar-refractivity contribution in [3.05, 3.63) is 47.8 Å². The number of benzene rings is 1. The topological polar surface area (TPSA) is 64.3 Å². The van der Waals surface area contributed by atoms with Crippen molar-refractivity contribution in [1.82, 2.24) is 9.97 Å². The van der Waals surface area contributed by atoms with Crippen LogP contribution >= 0.6 is 0 Å². The highest BCUT2D eigenvalue weighted by Crippen LogP contribution is 2.14. The van der Waals surface area contributed by atoms with Gasteiger partial charge in [0.15, 0.2) is 5.82 Å². The third-order valence-electron chi connectivity index (χ3n) is 3.18. The Bertz CT molecular complexity index is 559. The monoisotopic (exact) mass is 286 g/mol. The summed E-state index contributed by atoms with van der Waals surface area (Å²) in [5.41, 5.74) is 7.15. The van der Waals surface area contributed by atoms with Crippen molar-refractivity contribution in [2.75, 3.05) is 30.8 Å². The first-order valence-electron chi connectivity index (χ1n) is 7.15. The summed E-state index contributed by atoms with van der Waals surface area (Å²) < 4.78 is 5.34. The lowest BCUT2D eigenvalue weighted by atomic mass is 10.1. The van der Waals surface area contributed by atoms with Crippen molar-refractivity contribution in [3.63, 3.8) is 0 Å². The summed E-state index contributed by atoms with van der Waals surface area (Å²) in [4.78, 5) is 10.8. The molecule has 1 aromatic heterocycles. The molecule has 1 aromatic carbocycles. The Morgan fingerprint density at radius 1 is 1.19 bits per heavy atom. The maximum absolute atomic E-state index is 5.84. The molecule has 0 atom stereocenters. The molecule has 2 aromatic rings. The van der Waals surface area contributed by atoms with E-state index in [9.17, 15) is 0 Å². The number of rotatable bonds is 7. The van der Waals surface area contributed by atoms with Gasteiger partial charge in [0.05, 0.1) is 0 Å². The van der Waals surface area contributed by atoms with E-state index >= 15 is 0 Å². The summed E-state index contributed by atoms with van der Waals surface area (Å²) in [6, 6.07) is 12.2. The molecule has 0 aliphatic rings. The molecule has 1 heterocycles. The molecule has 0 unspecified atom stereocenters. The highest BCUT2D eigenvalue weighted by molar-refractivity contribution is 5.46. The van der Waals surface area contributed by atoms with Crippen molar-refractivity contribution in [1.29, 1.82) is 0 Å². The van der Waals surface area contributed by atoms with Crippen molar-refractivity contribution in [2.45, 2.75) is 20.0 Å². The predicted octanol–water partition coefficient (Wildman–Crippen LogP) is 2.27. The molecular weight excluding hydrogens is 264 g/mol. The van der Waals surface area contributed by atoms with E-state index in [0.717, 1.165) is 18.8 Å². The number of ether oxygens (including phenoxy) is 1. The zero-order valence-electron chi connectivity index (χ0n) is 12.6. The Labute approximate surface area is 125 Å². The van der Waals surface area contributed by atoms with Gasteiger partial charge in [-0.05, 0) is 18.9 Å². The number of hydrogen-bond acceptors (Lipinski definition) is 5. The average molecular weight is 286 g/mol. The predicted molar refractivity (Wildman–Crippen MR) is 85.2 cm³/mol. The Hall–Kier alpha value is -2.14. The molecule has 2 rings (SSSR count). The van der Waals surface area contributed by atoms with Gasteiger partial charge in [-0.25, -0.2) is 9.97 Å². The maximum Gasteiger partial charge on any atom is 0.158 e. The van der Waals surface area contributed by atoms with E-state index in [1.54, 1.807) is 6.07 Å². The average Bonchev–Trinajstić information content (AvgIpc) is 2.51. The lowest BCUT2D eigenvalue weighted by Gasteiger charge is -2.19. The lowest BCUT2D eigenvalue weighted by Crippen LogP contribution is -2.22. The molecule has 21 heavy (non-hydrogen) atoms. The fourth-order valence-corrected chi connectivity index (χ4v) is 2.01. The molecule has 0 aliphatic heterocycles. The van der Waals surface area contributed by atoms with E-state index in [4.69, 9.17) is 10.5 Å². The van der Waals surface area contributed by atoms with Crippen LogP contribution in [0.2, 0.25) is 0 Å². The SMILES string of the molecule is CCOCc1nc(N)cc(N(C)CCc2ccccc2)n1. The molecule has 0 saturated heterocycles. The van der Waals surface area contributed by atoms with E-state index in [2.05, 4.69) is 39.1 Å². The second-order valence-corrected chi connectivity index (χ2v) is 4.86. The summed E-state index contributed by atoms with van der Waals surface area (Å²) in [7, 11) is 2.01. The van der Waals surface area contributed by atoms with Crippen molar-refractivity contribution >= 4 is 11.6 Å². The molecule has 5 nitrogen and oxygen atoms in total. The van der Waals surface area contributed by atoms with Gasteiger partial charge in [-0.15, -0.1) is 0 Å². The highest BCUT2D eigenvalue weighted by atomic mass is 16.5. The number of anilines is 2. The van der Waals surface area contributed by atoms with E-state index in [0.29, 0.717) is 24.9 Å². The number of hydrogen-bond donors (Lipinski definition) is 1. The minimum Gasteiger partial charge on any atom is -0.384 e. The van der Waals surface area contributed by atoms with Gasteiger partial charge < -0.3 is 15.4 Å². The first-order chi connectivity index (χ1) is 10.2. The molecule has 5 heteroatoms. The standard InChI is InChI=1S/C16H22N4O/c1-3-21-12-15-18-14(17)11-16(19-15)20(2)10-9-13-7-5-4-6-8-13/h4-8,11H,3,9-10,12H2,1-2H3,(H2,17,18,19). The maximum atomic E-state index is 5.84. The summed E-state index contributed by atoms with van der Waals surface area (Å²) >= 11 is 0. The van der Waals surface area contributed by atoms with Gasteiger partial charge in [0, 0.05) is 26.3 Å². The smallest absolute Gasteiger partial charge is 0.158 e. The van der Waals surface area contributed by atoms with Gasteiger partial charge in [-0.2, -0.15) is 0 Å². The van der Waals surface area contributed by atoms with Crippen molar-refractivity contribution < 1.29 is 4.74 Å². The van der Waals surface area contributed by atoms with Crippen molar-refractivity contribution in [3.8, 4) is 0 Å². The summed E-state index contributed by atoms with van der Waals surface area (Å²) in [6.45, 7) is 3.84. The Kier molecular flexibility index (Phi) is 5.51. The normalized spacial score (nSPS) is 10.6. The number of likely N-dealkylation sites (N-methyl/N-ethyl adjacent to an activating group) is 1. The Morgan fingerprint density at radius 3 is 2.67 bits per heavy atom. The van der Waals surface area contributed by atoms with Crippen LogP contribution in [0.3, 0.4) is 0 Å². The summed E-state index contributed by atoms with van der Waals surface area (Å²) in [5, 5.41) is 0. The van der Waals surface area contributed by atoms with Crippen LogP contribution in [0.25, 0.3) is 0 Å². The number of aromatic nitrogens is 2. The van der Waals surface area contributed by atoms with Gasteiger partial charge in [0.2, 0.25) is 0 Å². The summed E-state index contributed by atoms with van der Waals surface area (Å²) in [6.07, 6.45) is 0.960. The van der Waals surface area contributed by atoms with Gasteiger partial charge in [-0.3, -0.25) is 0 Å². The third kappa shape index (κ3) is 4.72. The molecule has 0 spiro atoms. The van der Waals surface area contributed by atoms with Crippen LogP contribution in [0.4, 0.5) is 11.6 Å². The zero-order valence-corrected chi connectivity index (χ0v) is 12.6. The molecule has 112 valence electrons. The van der Waals surface area contributed by atoms with Gasteiger partial charge in [-0.1, -0.05) is 30.3 Å². The minimum absolute atomic E-state index is 0.390. The highest BCUT2D eigenvalue weighted by Gasteiger charge is 2.07. The Morgan fingerprint density at radius 2 is 1.95 bits per heavy atom. The largest absolute Gasteiger partial charge is 0.384 e. The van der Waals surface area contributed by atoms with Crippen LogP contribution in [-0.4, -0.2) is 30.2 Å². The molecule has 0 radical (unpaired) electrons. The molecule has 0 fully saturated rings. The first-order valence-corrected chi connectivity index (χ1v) is 7.15. The molecule has 0 amide bonds. The molecule has 0 saturated carbocycles. The van der Waals surface area contributed by atoms with Crippen molar-refractivity contribution in [2.24, 2.45) is 0 Å². The third-order valence-corrected chi connectivity index (χ3v) is 3.18. The van der Waals surface area contributed by atoms with E-state index in [1.165, 1.54) is 5.56 Å². The molecular formula is C16H22N4O. The lowest BCUT2D eigenvalue weighted by molar-refractivity contribution is 0.128. The number of nitrogens with two attached hydrogens (primary N) is 1. The fraction of sp³-hybridized carbons (Fsp3) is 0.375. The number of nitrogens with zero attached hydrogens (tertiary/aromatic N) is 3. The van der Waals surface area contributed by atoms with Crippen LogP contribution in [-0.2, 0) is 17.8 Å². The van der Waals surface area contributed by atoms with Gasteiger partial charge >= 0.3 is 0 Å². The van der Waals surface area contributed by atoms with Crippen LogP contribution in [0.5, 0.6) is 0 Å². The van der Waals surface area contributed by atoms with E-state index in [1.807, 2.05) is 20.0 Å². The second kappa shape index (κ2) is 7.59. The fourth-order valence-electron chi connectivity index (χ4n) is 2.01. The van der Waals surface area contributed by atoms with Crippen LogP contribution < -0.4 is 10.6 Å². The molecule has 2 N–H and O–H groups in total. The van der Waals surface area contributed by atoms with Gasteiger partial charge in [0.25, 0.3) is 0 Å². The van der Waals surface area contributed by atoms with E-state index in [-0.39, 0.29) is 0 Å². The van der Waals surface area contributed by atoms with Crippen LogP contribution in [0.1, 0.15) is 18.3 Å². The first kappa shape index (κ1) is 15.3. The molecule has 0 bridgehead atoms. The zero-order chi connectivity index (χ0) is 15.1. The minimum atomic E-state index is 0.390. The Balaban J connectivity index is 2.01. The van der Waals surface area contributed by atoms with Crippen LogP contribution in [0, 0.1) is 0 Å².